The normalized spacial score (nSPS) is 15.4. The minimum atomic E-state index is -2.03. The van der Waals surface area contributed by atoms with Gasteiger partial charge in [0.05, 0.1) is 19.2 Å². The molecule has 10 aromatic carbocycles. The Hall–Kier alpha value is -7.97. The highest BCUT2D eigenvalue weighted by molar-refractivity contribution is 7.03. The maximum absolute atomic E-state index is 7.35. The Bertz CT molecular complexity index is 4140. The van der Waals surface area contributed by atoms with Crippen LogP contribution in [0, 0.1) is 0 Å². The van der Waals surface area contributed by atoms with E-state index in [1.807, 2.05) is 0 Å². The second-order valence-electron chi connectivity index (χ2n) is 25.8. The molecule has 0 spiro atoms. The monoisotopic (exact) mass is 1060 g/mol. The van der Waals surface area contributed by atoms with Crippen LogP contribution in [-0.4, -0.2) is 16.1 Å². The van der Waals surface area contributed by atoms with Gasteiger partial charge in [0.15, 0.2) is 5.58 Å². The van der Waals surface area contributed by atoms with Gasteiger partial charge in [-0.15, -0.1) is 0 Å². The van der Waals surface area contributed by atoms with Crippen molar-refractivity contribution in [1.82, 2.24) is 0 Å². The van der Waals surface area contributed by atoms with E-state index < -0.39 is 21.6 Å². The molecule has 390 valence electrons. The first-order chi connectivity index (χ1) is 37.8. The lowest BCUT2D eigenvalue weighted by Gasteiger charge is -2.36. The molecule has 1 unspecified atom stereocenters. The van der Waals surface area contributed by atoms with Crippen molar-refractivity contribution >= 4 is 87.8 Å². The fourth-order valence-corrected chi connectivity index (χ4v) is 17.4. The van der Waals surface area contributed by atoms with Gasteiger partial charge in [-0.1, -0.05) is 225 Å². The molecule has 1 aromatic heterocycles. The van der Waals surface area contributed by atoms with Gasteiger partial charge in [0.1, 0.15) is 13.7 Å². The van der Waals surface area contributed by atoms with Gasteiger partial charge in [0.25, 0.3) is 0 Å². The summed E-state index contributed by atoms with van der Waals surface area (Å²) in [5.41, 5.74) is 20.0. The lowest BCUT2D eigenvalue weighted by Crippen LogP contribution is -2.49. The fraction of sp³-hybridized carbons (Fsp3) is 0.189. The van der Waals surface area contributed by atoms with E-state index in [0.29, 0.717) is 0 Å². The first-order valence-electron chi connectivity index (χ1n) is 28.2. The molecule has 0 saturated carbocycles. The molecule has 1 aliphatic heterocycles. The molecule has 2 aliphatic rings. The smallest absolute Gasteiger partial charge is 0.160 e. The fourth-order valence-electron chi connectivity index (χ4n) is 13.2. The van der Waals surface area contributed by atoms with Crippen LogP contribution in [0.5, 0.6) is 0 Å². The molecule has 0 amide bonds. The molecular formula is C74H70N2OSi2. The third-order valence-corrected chi connectivity index (χ3v) is 23.1. The van der Waals surface area contributed by atoms with Crippen molar-refractivity contribution < 1.29 is 4.42 Å². The number of benzene rings is 10. The second-order valence-corrected chi connectivity index (χ2v) is 35.2. The largest absolute Gasteiger partial charge is 0.454 e. The maximum atomic E-state index is 7.35. The molecule has 79 heavy (non-hydrogen) atoms. The summed E-state index contributed by atoms with van der Waals surface area (Å²) >= 11 is 0. The van der Waals surface area contributed by atoms with Crippen LogP contribution in [-0.2, 0) is 16.2 Å². The summed E-state index contributed by atoms with van der Waals surface area (Å²) in [4.78, 5) is 4.90. The van der Waals surface area contributed by atoms with E-state index >= 15 is 0 Å². The summed E-state index contributed by atoms with van der Waals surface area (Å²) in [7, 11) is -3.61. The molecule has 1 atom stereocenters. The molecule has 0 saturated heterocycles. The number of fused-ring (bicyclic) bond motifs is 10. The number of anilines is 6. The van der Waals surface area contributed by atoms with Crippen molar-refractivity contribution in [2.45, 2.75) is 90.5 Å². The molecule has 11 aromatic rings. The molecule has 0 fully saturated rings. The van der Waals surface area contributed by atoms with E-state index in [1.54, 1.807) is 0 Å². The number of rotatable bonds is 9. The zero-order valence-electron chi connectivity index (χ0n) is 47.7. The van der Waals surface area contributed by atoms with Gasteiger partial charge in [-0.2, -0.15) is 0 Å². The average molecular weight is 1060 g/mol. The Labute approximate surface area is 469 Å². The molecule has 5 heteroatoms. The summed E-state index contributed by atoms with van der Waals surface area (Å²) in [6.45, 7) is 26.2. The highest BCUT2D eigenvalue weighted by Crippen LogP contribution is 2.62. The average Bonchev–Trinajstić information content (AvgIpc) is 4.22. The zero-order chi connectivity index (χ0) is 54.8. The van der Waals surface area contributed by atoms with E-state index in [-0.39, 0.29) is 10.8 Å². The van der Waals surface area contributed by atoms with Gasteiger partial charge in [0, 0.05) is 39.2 Å². The highest BCUT2D eigenvalue weighted by Gasteiger charge is 2.50. The third-order valence-electron chi connectivity index (χ3n) is 17.4. The minimum Gasteiger partial charge on any atom is -0.454 e. The van der Waals surface area contributed by atoms with Crippen LogP contribution in [0.4, 0.5) is 34.1 Å². The Morgan fingerprint density at radius 1 is 0.430 bits per heavy atom. The van der Waals surface area contributed by atoms with E-state index in [9.17, 15) is 0 Å². The van der Waals surface area contributed by atoms with Crippen molar-refractivity contribution in [2.24, 2.45) is 0 Å². The van der Waals surface area contributed by atoms with Crippen molar-refractivity contribution in [2.75, 3.05) is 9.80 Å². The molecule has 2 heterocycles. The molecule has 1 aliphatic carbocycles. The first-order valence-corrected chi connectivity index (χ1v) is 34.7. The lowest BCUT2D eigenvalue weighted by atomic mass is 9.66. The SMILES string of the molecule is CC(C)(C)c1ccc(N(c2ccccc2)c2cc3c(c4c2oc2ccccc24)-c2ccc(N(c4ccccc4)c4ccc([Si](C)(C)C)cc4)cc2C3(c2ccc(C(C)(C)C)cc2)c2ccc3c(c2)-c2ccccc2[Si]3(C)C)cc1. The Balaban J connectivity index is 1.19. The second kappa shape index (κ2) is 18.3. The Morgan fingerprint density at radius 2 is 0.949 bits per heavy atom. The van der Waals surface area contributed by atoms with Crippen molar-refractivity contribution in [3.8, 4) is 22.3 Å². The molecule has 0 bridgehead atoms. The van der Waals surface area contributed by atoms with E-state index in [4.69, 9.17) is 4.42 Å². The van der Waals surface area contributed by atoms with Crippen LogP contribution in [0.25, 0.3) is 44.2 Å². The third kappa shape index (κ3) is 8.10. The quantitative estimate of drug-likeness (QED) is 0.134. The highest BCUT2D eigenvalue weighted by atomic mass is 28.3. The topological polar surface area (TPSA) is 19.6 Å². The van der Waals surface area contributed by atoms with Crippen LogP contribution in [0.15, 0.2) is 229 Å². The predicted molar refractivity (Wildman–Crippen MR) is 343 cm³/mol. The molecule has 0 radical (unpaired) electrons. The van der Waals surface area contributed by atoms with Gasteiger partial charge < -0.3 is 14.2 Å². The van der Waals surface area contributed by atoms with E-state index in [0.717, 1.165) is 56.1 Å². The van der Waals surface area contributed by atoms with Gasteiger partial charge in [-0.05, 0) is 156 Å². The number of nitrogens with zero attached hydrogens (tertiary/aromatic N) is 2. The summed E-state index contributed by atoms with van der Waals surface area (Å²) in [6.07, 6.45) is 0. The van der Waals surface area contributed by atoms with Gasteiger partial charge in [0.2, 0.25) is 0 Å². The summed E-state index contributed by atoms with van der Waals surface area (Å²) in [6, 6.07) is 85.5. The van der Waals surface area contributed by atoms with E-state index in [1.165, 1.54) is 71.2 Å². The standard InChI is InChI=1S/C74H70N2OSi2/c1-72(2,3)49-30-32-51(33-31-49)74(52-36-45-68-62(46-52)59-26-19-21-29-67(59)79(68,10)11)63-47-57(75(53-22-14-12-15-23-53)55-39-42-58(43-40-55)78(7,8)9)41-44-60(63)69-64(74)48-65(71-70(69)61-27-18-20-28-66(61)77-71)76(54-24-16-13-17-25-54)56-37-34-50(35-38-56)73(4,5)6/h12-48H,1-11H3. The number of hydrogen-bond acceptors (Lipinski definition) is 3. The van der Waals surface area contributed by atoms with Crippen LogP contribution in [0.3, 0.4) is 0 Å². The Morgan fingerprint density at radius 3 is 1.59 bits per heavy atom. The predicted octanol–water partition coefficient (Wildman–Crippen LogP) is 18.8. The number of para-hydroxylation sites is 3. The molecule has 3 nitrogen and oxygen atoms in total. The van der Waals surface area contributed by atoms with Gasteiger partial charge in [-0.25, -0.2) is 0 Å². The lowest BCUT2D eigenvalue weighted by molar-refractivity contribution is 0.589. The minimum absolute atomic E-state index is 0.00987. The maximum Gasteiger partial charge on any atom is 0.160 e. The molecular weight excluding hydrogens is 989 g/mol. The van der Waals surface area contributed by atoms with Crippen LogP contribution in [0.2, 0.25) is 32.7 Å². The van der Waals surface area contributed by atoms with Gasteiger partial charge in [-0.3, -0.25) is 0 Å². The summed E-state index contributed by atoms with van der Waals surface area (Å²) in [5.74, 6) is 0. The number of furan rings is 1. The van der Waals surface area contributed by atoms with Crippen molar-refractivity contribution in [3.05, 3.63) is 258 Å². The van der Waals surface area contributed by atoms with Gasteiger partial charge >= 0.3 is 0 Å². The van der Waals surface area contributed by atoms with Crippen LogP contribution >= 0.6 is 0 Å². The van der Waals surface area contributed by atoms with E-state index in [2.05, 4.69) is 309 Å². The zero-order valence-corrected chi connectivity index (χ0v) is 49.7. The Kier molecular flexibility index (Phi) is 11.7. The number of hydrogen-bond donors (Lipinski definition) is 0. The molecule has 0 N–H and O–H groups in total. The first kappa shape index (κ1) is 50.5. The summed E-state index contributed by atoms with van der Waals surface area (Å²) in [5, 5.41) is 6.66. The molecule has 13 rings (SSSR count). The summed E-state index contributed by atoms with van der Waals surface area (Å²) < 4.78 is 7.35. The van der Waals surface area contributed by atoms with Crippen molar-refractivity contribution in [3.63, 3.8) is 0 Å². The van der Waals surface area contributed by atoms with Crippen LogP contribution < -0.4 is 25.4 Å². The van der Waals surface area contributed by atoms with Crippen LogP contribution in [0.1, 0.15) is 74.9 Å². The van der Waals surface area contributed by atoms with Crippen molar-refractivity contribution in [1.29, 1.82) is 0 Å².